The van der Waals surface area contributed by atoms with E-state index in [9.17, 15) is 4.79 Å². The molecular weight excluding hydrogens is 304 g/mol. The standard InChI is InChI=1S/C15H15BrN2O/c16-13-9-5-11-17-15(13)18-14(19)10-4-8-12-6-2-1-3-7-12/h1-3,5-7,9,11H,4,8,10H2,(H,17,18,19). The van der Waals surface area contributed by atoms with E-state index in [0.29, 0.717) is 12.2 Å². The molecule has 98 valence electrons. The summed E-state index contributed by atoms with van der Waals surface area (Å²) in [6, 6.07) is 13.8. The zero-order valence-corrected chi connectivity index (χ0v) is 12.1. The van der Waals surface area contributed by atoms with Crippen LogP contribution in [0.15, 0.2) is 53.1 Å². The maximum Gasteiger partial charge on any atom is 0.225 e. The molecular formula is C15H15BrN2O. The van der Waals surface area contributed by atoms with Crippen LogP contribution in [-0.2, 0) is 11.2 Å². The van der Waals surface area contributed by atoms with Gasteiger partial charge in [-0.1, -0.05) is 30.3 Å². The van der Waals surface area contributed by atoms with E-state index in [0.717, 1.165) is 17.3 Å². The molecule has 0 saturated carbocycles. The number of pyridine rings is 1. The zero-order chi connectivity index (χ0) is 13.5. The van der Waals surface area contributed by atoms with Gasteiger partial charge < -0.3 is 5.32 Å². The zero-order valence-electron chi connectivity index (χ0n) is 10.5. The van der Waals surface area contributed by atoms with Crippen molar-refractivity contribution in [2.75, 3.05) is 5.32 Å². The van der Waals surface area contributed by atoms with Gasteiger partial charge in [0.2, 0.25) is 5.91 Å². The van der Waals surface area contributed by atoms with Crippen LogP contribution >= 0.6 is 15.9 Å². The summed E-state index contributed by atoms with van der Waals surface area (Å²) in [4.78, 5) is 15.9. The highest BCUT2D eigenvalue weighted by molar-refractivity contribution is 9.10. The van der Waals surface area contributed by atoms with Gasteiger partial charge in [0.25, 0.3) is 0 Å². The molecule has 1 aromatic carbocycles. The lowest BCUT2D eigenvalue weighted by Crippen LogP contribution is -2.12. The fourth-order valence-corrected chi connectivity index (χ4v) is 2.12. The fraction of sp³-hybridized carbons (Fsp3) is 0.200. The number of carbonyl (C=O) groups is 1. The lowest BCUT2D eigenvalue weighted by molar-refractivity contribution is -0.116. The van der Waals surface area contributed by atoms with Crippen molar-refractivity contribution in [3.8, 4) is 0 Å². The van der Waals surface area contributed by atoms with E-state index in [2.05, 4.69) is 38.4 Å². The lowest BCUT2D eigenvalue weighted by Gasteiger charge is -2.06. The second-order valence-corrected chi connectivity index (χ2v) is 5.08. The third-order valence-corrected chi connectivity index (χ3v) is 3.37. The summed E-state index contributed by atoms with van der Waals surface area (Å²) in [5.74, 6) is 0.572. The van der Waals surface area contributed by atoms with Gasteiger partial charge in [-0.3, -0.25) is 4.79 Å². The number of anilines is 1. The van der Waals surface area contributed by atoms with Crippen molar-refractivity contribution in [3.63, 3.8) is 0 Å². The number of aromatic nitrogens is 1. The van der Waals surface area contributed by atoms with Crippen molar-refractivity contribution in [2.24, 2.45) is 0 Å². The highest BCUT2D eigenvalue weighted by atomic mass is 79.9. The van der Waals surface area contributed by atoms with Crippen LogP contribution in [0.5, 0.6) is 0 Å². The number of halogens is 1. The van der Waals surface area contributed by atoms with Gasteiger partial charge in [-0.2, -0.15) is 0 Å². The van der Waals surface area contributed by atoms with Crippen LogP contribution in [0.3, 0.4) is 0 Å². The number of nitrogens with one attached hydrogen (secondary N) is 1. The molecule has 0 unspecified atom stereocenters. The summed E-state index contributed by atoms with van der Waals surface area (Å²) in [7, 11) is 0. The first-order valence-corrected chi connectivity index (χ1v) is 6.99. The Morgan fingerprint density at radius 1 is 1.16 bits per heavy atom. The Morgan fingerprint density at radius 2 is 1.95 bits per heavy atom. The molecule has 0 saturated heterocycles. The van der Waals surface area contributed by atoms with Crippen LogP contribution < -0.4 is 5.32 Å². The van der Waals surface area contributed by atoms with E-state index in [1.54, 1.807) is 6.20 Å². The molecule has 2 rings (SSSR count). The van der Waals surface area contributed by atoms with Crippen molar-refractivity contribution in [2.45, 2.75) is 19.3 Å². The van der Waals surface area contributed by atoms with Crippen LogP contribution in [-0.4, -0.2) is 10.9 Å². The minimum atomic E-state index is -0.00432. The van der Waals surface area contributed by atoms with Crippen molar-refractivity contribution < 1.29 is 4.79 Å². The highest BCUT2D eigenvalue weighted by Gasteiger charge is 2.06. The summed E-state index contributed by atoms with van der Waals surface area (Å²) in [5.41, 5.74) is 1.26. The normalized spacial score (nSPS) is 10.2. The lowest BCUT2D eigenvalue weighted by atomic mass is 10.1. The fourth-order valence-electron chi connectivity index (χ4n) is 1.77. The smallest absolute Gasteiger partial charge is 0.225 e. The van der Waals surface area contributed by atoms with Crippen LogP contribution in [0, 0.1) is 0 Å². The van der Waals surface area contributed by atoms with E-state index >= 15 is 0 Å². The molecule has 1 heterocycles. The molecule has 0 aliphatic rings. The van der Waals surface area contributed by atoms with Gasteiger partial charge in [0.05, 0.1) is 4.47 Å². The number of nitrogens with zero attached hydrogens (tertiary/aromatic N) is 1. The third kappa shape index (κ3) is 4.48. The van der Waals surface area contributed by atoms with E-state index < -0.39 is 0 Å². The molecule has 0 bridgehead atoms. The number of carbonyl (C=O) groups excluding carboxylic acids is 1. The second-order valence-electron chi connectivity index (χ2n) is 4.22. The van der Waals surface area contributed by atoms with Crippen molar-refractivity contribution in [3.05, 3.63) is 58.7 Å². The van der Waals surface area contributed by atoms with Gasteiger partial charge >= 0.3 is 0 Å². The van der Waals surface area contributed by atoms with E-state index in [-0.39, 0.29) is 5.91 Å². The Balaban J connectivity index is 1.78. The minimum Gasteiger partial charge on any atom is -0.310 e. The van der Waals surface area contributed by atoms with Gasteiger partial charge in [0.15, 0.2) is 0 Å². The number of hydrogen-bond acceptors (Lipinski definition) is 2. The van der Waals surface area contributed by atoms with Crippen LogP contribution in [0.1, 0.15) is 18.4 Å². The molecule has 1 N–H and O–H groups in total. The molecule has 0 aliphatic heterocycles. The Kier molecular flexibility index (Phi) is 5.10. The molecule has 4 heteroatoms. The summed E-state index contributed by atoms with van der Waals surface area (Å²) in [6.07, 6.45) is 3.90. The molecule has 0 aliphatic carbocycles. The van der Waals surface area contributed by atoms with E-state index in [1.807, 2.05) is 30.3 Å². The summed E-state index contributed by atoms with van der Waals surface area (Å²) in [5, 5.41) is 2.80. The van der Waals surface area contributed by atoms with Gasteiger partial charge in [0.1, 0.15) is 5.82 Å². The average molecular weight is 319 g/mol. The predicted octanol–water partition coefficient (Wildman–Crippen LogP) is 3.81. The molecule has 1 aromatic heterocycles. The predicted molar refractivity (Wildman–Crippen MR) is 79.9 cm³/mol. The molecule has 0 fully saturated rings. The number of amides is 1. The number of aryl methyl sites for hydroxylation is 1. The number of hydrogen-bond donors (Lipinski definition) is 1. The van der Waals surface area contributed by atoms with Gasteiger partial charge in [-0.05, 0) is 46.5 Å². The Hall–Kier alpha value is -1.68. The molecule has 19 heavy (non-hydrogen) atoms. The molecule has 0 atom stereocenters. The largest absolute Gasteiger partial charge is 0.310 e. The summed E-state index contributed by atoms with van der Waals surface area (Å²) >= 11 is 3.35. The average Bonchev–Trinajstić information content (AvgIpc) is 2.43. The first-order chi connectivity index (χ1) is 9.25. The first kappa shape index (κ1) is 13.7. The molecule has 2 aromatic rings. The third-order valence-electron chi connectivity index (χ3n) is 2.73. The summed E-state index contributed by atoms with van der Waals surface area (Å²) < 4.78 is 0.798. The minimum absolute atomic E-state index is 0.00432. The Bertz CT molecular complexity index is 543. The van der Waals surface area contributed by atoms with Crippen molar-refractivity contribution >= 4 is 27.7 Å². The topological polar surface area (TPSA) is 42.0 Å². The highest BCUT2D eigenvalue weighted by Crippen LogP contribution is 2.18. The summed E-state index contributed by atoms with van der Waals surface area (Å²) in [6.45, 7) is 0. The molecule has 0 spiro atoms. The maximum absolute atomic E-state index is 11.8. The maximum atomic E-state index is 11.8. The van der Waals surface area contributed by atoms with Crippen LogP contribution in [0.4, 0.5) is 5.82 Å². The van der Waals surface area contributed by atoms with Gasteiger partial charge in [0, 0.05) is 12.6 Å². The van der Waals surface area contributed by atoms with Gasteiger partial charge in [-0.25, -0.2) is 4.98 Å². The van der Waals surface area contributed by atoms with E-state index in [1.165, 1.54) is 5.56 Å². The van der Waals surface area contributed by atoms with Crippen LogP contribution in [0.2, 0.25) is 0 Å². The first-order valence-electron chi connectivity index (χ1n) is 6.20. The van der Waals surface area contributed by atoms with Crippen molar-refractivity contribution in [1.82, 2.24) is 4.98 Å². The Morgan fingerprint density at radius 3 is 2.68 bits per heavy atom. The van der Waals surface area contributed by atoms with Gasteiger partial charge in [-0.15, -0.1) is 0 Å². The van der Waals surface area contributed by atoms with Crippen LogP contribution in [0.25, 0.3) is 0 Å². The van der Waals surface area contributed by atoms with Crippen molar-refractivity contribution in [1.29, 1.82) is 0 Å². The monoisotopic (exact) mass is 318 g/mol. The number of rotatable bonds is 5. The molecule has 0 radical (unpaired) electrons. The Labute approximate surface area is 121 Å². The second kappa shape index (κ2) is 7.04. The molecule has 1 amide bonds. The number of benzene rings is 1. The SMILES string of the molecule is O=C(CCCc1ccccc1)Nc1ncccc1Br. The van der Waals surface area contributed by atoms with E-state index in [4.69, 9.17) is 0 Å². The molecule has 3 nitrogen and oxygen atoms in total. The quantitative estimate of drug-likeness (QED) is 0.911.